The predicted octanol–water partition coefficient (Wildman–Crippen LogP) is 20.6. The number of carbonyl (C=O) groups is 4. The lowest BCUT2D eigenvalue weighted by Gasteiger charge is -2.34. The number of halogens is 8. The van der Waals surface area contributed by atoms with E-state index < -0.39 is 0 Å². The molecule has 4 fully saturated rings. The van der Waals surface area contributed by atoms with Crippen molar-refractivity contribution >= 4 is 175 Å². The van der Waals surface area contributed by atoms with Crippen LogP contribution in [0.5, 0.6) is 46.0 Å². The van der Waals surface area contributed by atoms with Crippen LogP contribution in [0.15, 0.2) is 204 Å². The molecule has 8 aromatic carbocycles. The van der Waals surface area contributed by atoms with Crippen LogP contribution in [-0.2, 0) is 44.9 Å². The fourth-order valence-corrected chi connectivity index (χ4v) is 14.4. The van der Waals surface area contributed by atoms with Crippen LogP contribution in [0.3, 0.4) is 0 Å². The van der Waals surface area contributed by atoms with Crippen molar-refractivity contribution in [2.75, 3.05) is 28.4 Å². The van der Waals surface area contributed by atoms with E-state index in [9.17, 15) is 39.6 Å². The molecule has 0 radical (unpaired) electrons. The van der Waals surface area contributed by atoms with Crippen molar-refractivity contribution in [1.29, 1.82) is 0 Å². The van der Waals surface area contributed by atoms with E-state index in [0.29, 0.717) is 42.6 Å². The van der Waals surface area contributed by atoms with Gasteiger partial charge in [-0.3, -0.25) is 19.2 Å². The number of benzene rings is 8. The summed E-state index contributed by atoms with van der Waals surface area (Å²) in [4.78, 5) is 49.8. The molecule has 8 aromatic rings. The summed E-state index contributed by atoms with van der Waals surface area (Å²) < 4.78 is 28.5. The Morgan fingerprint density at radius 2 is 0.552 bits per heavy atom. The van der Waals surface area contributed by atoms with Gasteiger partial charge >= 0.3 is 0 Å². The smallest absolute Gasteiger partial charge is 0.185 e. The van der Waals surface area contributed by atoms with Crippen LogP contribution in [-0.4, -0.2) is 72.0 Å². The maximum Gasteiger partial charge on any atom is 0.185 e. The zero-order chi connectivity index (χ0) is 69.1. The Bertz CT molecular complexity index is 4160. The molecule has 0 spiro atoms. The van der Waals surface area contributed by atoms with Crippen LogP contribution < -0.4 is 18.9 Å². The second kappa shape index (κ2) is 33.9. The summed E-state index contributed by atoms with van der Waals surface area (Å²) in [7, 11) is 6.57. The van der Waals surface area contributed by atoms with Crippen molar-refractivity contribution in [1.82, 2.24) is 0 Å². The molecule has 0 amide bonds. The molecule has 12 nitrogen and oxygen atoms in total. The van der Waals surface area contributed by atoms with Crippen LogP contribution in [0.25, 0.3) is 24.3 Å². The quantitative estimate of drug-likeness (QED) is 0.0672. The third kappa shape index (κ3) is 19.1. The number of aromatic hydroxyl groups is 4. The zero-order valence-electron chi connectivity index (χ0n) is 52.2. The molecule has 496 valence electrons. The van der Waals surface area contributed by atoms with E-state index in [4.69, 9.17) is 18.9 Å². The Balaban J connectivity index is 0.000000150. The molecule has 0 bridgehead atoms. The largest absolute Gasteiger partial charge is 0.508 e. The summed E-state index contributed by atoms with van der Waals surface area (Å²) in [5.41, 5.74) is 10.5. The third-order valence-electron chi connectivity index (χ3n) is 16.8. The van der Waals surface area contributed by atoms with Gasteiger partial charge in [-0.15, -0.1) is 0 Å². The molecule has 4 saturated carbocycles. The standard InChI is InChI=1S/C20H20Br2O3.C20H16Br2O3.C18H16Br2O3.C18H12Br2O3/c2*1-24-16-3-5-18(21)12(10-16)7-14-9-15(20(14)23)8-13-11-17(25-2)4-6-19(13)22;2*19-16-3-1-14(21)8-10(16)5-12-7-13(18(12)23)6-11-9-15(22)2-4-17(11)20/h3-6,10-11,14-15H,7-9H2,1-2H3;3-8,10-11H,9H2,1-2H3;1-4,8-9,12-13,21-22H,5-7H2;1-6,8-9,21-22H,7H2/b;14-7+,15-8+;;12-5+,13-6+/t14-,15?;;12-,13?;/m0.0./s1. The lowest BCUT2D eigenvalue weighted by molar-refractivity contribution is -0.136. The van der Waals surface area contributed by atoms with Crippen LogP contribution >= 0.6 is 127 Å². The maximum atomic E-state index is 12.6. The van der Waals surface area contributed by atoms with Gasteiger partial charge in [0, 0.05) is 94.6 Å². The van der Waals surface area contributed by atoms with Crippen LogP contribution in [0.2, 0.25) is 0 Å². The fraction of sp³-hybridized carbons (Fsp3) is 0.211. The number of allylic oxidation sites excluding steroid dienone is 4. The SMILES string of the molecule is COc1ccc(Br)c(/C=C2\C/C(=C\c3cc(OC)ccc3Br)C2=O)c1.COc1ccc(Br)c(CC2C[C@H](Cc3cc(OC)ccc3Br)C2=O)c1.O=C1/C(=C/c2cc(O)ccc2Br)C/C1=C\c1cc(O)ccc1Br.O=C1C(Cc2cc(O)ccc2Br)C[C@@H]1Cc1cc(O)ccc1Br. The number of rotatable bonds is 16. The van der Waals surface area contributed by atoms with Crippen LogP contribution in [0.4, 0.5) is 0 Å². The van der Waals surface area contributed by atoms with Gasteiger partial charge in [-0.2, -0.15) is 0 Å². The summed E-state index contributed by atoms with van der Waals surface area (Å²) in [6.45, 7) is 0. The Kier molecular flexibility index (Phi) is 26.1. The Hall–Kier alpha value is -6.36. The first-order valence-corrected chi connectivity index (χ1v) is 36.5. The molecular formula is C76H64Br8O12. The lowest BCUT2D eigenvalue weighted by atomic mass is 9.68. The highest BCUT2D eigenvalue weighted by molar-refractivity contribution is 9.11. The van der Waals surface area contributed by atoms with E-state index in [2.05, 4.69) is 127 Å². The van der Waals surface area contributed by atoms with E-state index >= 15 is 0 Å². The lowest BCUT2D eigenvalue weighted by Crippen LogP contribution is -2.39. The second-order valence-corrected chi connectivity index (χ2v) is 30.1. The molecule has 4 atom stereocenters. The minimum Gasteiger partial charge on any atom is -0.508 e. The van der Waals surface area contributed by atoms with Gasteiger partial charge in [0.2, 0.25) is 0 Å². The molecule has 0 aliphatic heterocycles. The predicted molar refractivity (Wildman–Crippen MR) is 405 cm³/mol. The minimum atomic E-state index is -0.0181. The minimum absolute atomic E-state index is 0.00850. The van der Waals surface area contributed by atoms with Crippen LogP contribution in [0.1, 0.15) is 70.2 Å². The third-order valence-corrected chi connectivity index (χ3v) is 22.8. The number of phenols is 4. The monoisotopic (exact) mass is 1800 g/mol. The van der Waals surface area contributed by atoms with E-state index in [1.807, 2.05) is 84.9 Å². The molecule has 0 heterocycles. The molecule has 96 heavy (non-hydrogen) atoms. The van der Waals surface area contributed by atoms with Crippen molar-refractivity contribution in [2.45, 2.75) is 51.4 Å². The molecule has 2 unspecified atom stereocenters. The molecule has 4 aliphatic rings. The molecule has 4 N–H and O–H groups in total. The molecule has 20 heteroatoms. The second-order valence-electron chi connectivity index (χ2n) is 23.2. The summed E-state index contributed by atoms with van der Waals surface area (Å²) >= 11 is 27.9. The molecule has 0 saturated heterocycles. The first kappa shape index (κ1) is 73.9. The maximum absolute atomic E-state index is 12.6. The fourth-order valence-electron chi connectivity index (χ4n) is 11.3. The number of ether oxygens (including phenoxy) is 4. The van der Waals surface area contributed by atoms with Crippen molar-refractivity contribution in [3.63, 3.8) is 0 Å². The summed E-state index contributed by atoms with van der Waals surface area (Å²) in [6.07, 6.45) is 13.1. The highest BCUT2D eigenvalue weighted by atomic mass is 79.9. The van der Waals surface area contributed by atoms with Gasteiger partial charge in [0.25, 0.3) is 0 Å². The van der Waals surface area contributed by atoms with Gasteiger partial charge in [-0.25, -0.2) is 0 Å². The van der Waals surface area contributed by atoms with Crippen LogP contribution in [0, 0.1) is 23.7 Å². The Morgan fingerprint density at radius 1 is 0.323 bits per heavy atom. The number of hydrogen-bond acceptors (Lipinski definition) is 12. The normalized spacial score (nSPS) is 18.5. The van der Waals surface area contributed by atoms with Gasteiger partial charge in [0.15, 0.2) is 11.6 Å². The topological polar surface area (TPSA) is 186 Å². The summed E-state index contributed by atoms with van der Waals surface area (Å²) in [5, 5.41) is 38.2. The van der Waals surface area contributed by atoms with Crippen molar-refractivity contribution in [2.24, 2.45) is 23.7 Å². The van der Waals surface area contributed by atoms with E-state index in [-0.39, 0.29) is 64.0 Å². The van der Waals surface area contributed by atoms with Gasteiger partial charge in [-0.1, -0.05) is 127 Å². The van der Waals surface area contributed by atoms with Crippen molar-refractivity contribution in [3.8, 4) is 46.0 Å². The molecule has 12 rings (SSSR count). The number of carbonyl (C=O) groups excluding carboxylic acids is 4. The highest BCUT2D eigenvalue weighted by Gasteiger charge is 2.41. The average Bonchev–Trinajstić information content (AvgIpc) is 0.826. The van der Waals surface area contributed by atoms with Gasteiger partial charge in [0.05, 0.1) is 28.4 Å². The number of methoxy groups -OCH3 is 4. The number of ketones is 4. The molecular weight excluding hydrogens is 1740 g/mol. The van der Waals surface area contributed by atoms with Gasteiger partial charge in [-0.05, 0) is 253 Å². The molecule has 4 aliphatic carbocycles. The highest BCUT2D eigenvalue weighted by Crippen LogP contribution is 2.42. The van der Waals surface area contributed by atoms with Crippen molar-refractivity contribution in [3.05, 3.63) is 248 Å². The first-order chi connectivity index (χ1) is 45.9. The van der Waals surface area contributed by atoms with Gasteiger partial charge in [0.1, 0.15) is 57.6 Å². The van der Waals surface area contributed by atoms with Gasteiger partial charge < -0.3 is 39.4 Å². The number of Topliss-reactive ketones (excluding diaryl/α,β-unsaturated/α-hetero) is 4. The van der Waals surface area contributed by atoms with E-state index in [0.717, 1.165) is 140 Å². The Morgan fingerprint density at radius 3 is 0.823 bits per heavy atom. The first-order valence-electron chi connectivity index (χ1n) is 30.1. The zero-order valence-corrected chi connectivity index (χ0v) is 64.9. The summed E-state index contributed by atoms with van der Waals surface area (Å²) in [6, 6.07) is 43.3. The van der Waals surface area contributed by atoms with E-state index in [1.165, 1.54) is 0 Å². The summed E-state index contributed by atoms with van der Waals surface area (Å²) in [5.74, 6) is 4.79. The molecule has 0 aromatic heterocycles. The Labute approximate surface area is 625 Å². The average molecular weight is 1810 g/mol. The number of hydrogen-bond donors (Lipinski definition) is 4. The van der Waals surface area contributed by atoms with Crippen molar-refractivity contribution < 1.29 is 58.6 Å². The van der Waals surface area contributed by atoms with E-state index in [1.54, 1.807) is 113 Å². The number of phenolic OH excluding ortho intramolecular Hbond substituents is 4.